The van der Waals surface area contributed by atoms with Crippen molar-refractivity contribution in [2.45, 2.75) is 26.3 Å². The van der Waals surface area contributed by atoms with E-state index in [1.807, 2.05) is 42.9 Å². The van der Waals surface area contributed by atoms with E-state index in [9.17, 15) is 4.79 Å². The quantitative estimate of drug-likeness (QED) is 0.859. The molecule has 0 saturated carbocycles. The number of nitrogens with zero attached hydrogens (tertiary/aromatic N) is 2. The second kappa shape index (κ2) is 3.96. The Bertz CT molecular complexity index is 529. The van der Waals surface area contributed by atoms with E-state index in [2.05, 4.69) is 5.10 Å². The molecule has 16 heavy (non-hydrogen) atoms. The van der Waals surface area contributed by atoms with Crippen LogP contribution in [0.2, 0.25) is 0 Å². The number of rotatable bonds is 3. The molecule has 0 saturated heterocycles. The average Bonchev–Trinajstić information content (AvgIpc) is 2.61. The van der Waals surface area contributed by atoms with E-state index in [0.717, 1.165) is 16.5 Å². The number of fused-ring (bicyclic) bond motifs is 1. The molecular formula is C12H14N2O2. The number of hydrogen-bond donors (Lipinski definition) is 1. The molecule has 84 valence electrons. The Labute approximate surface area is 93.5 Å². The lowest BCUT2D eigenvalue weighted by molar-refractivity contribution is -0.136. The number of carboxylic acid groups (broad SMARTS) is 1. The van der Waals surface area contributed by atoms with Crippen molar-refractivity contribution in [1.29, 1.82) is 0 Å². The first kappa shape index (κ1) is 10.7. The summed E-state index contributed by atoms with van der Waals surface area (Å²) in [7, 11) is 0. The molecule has 1 N–H and O–H groups in total. The molecule has 0 aliphatic heterocycles. The molecule has 0 atom stereocenters. The molecule has 4 nitrogen and oxygen atoms in total. The first-order valence-electron chi connectivity index (χ1n) is 5.26. The first-order valence-corrected chi connectivity index (χ1v) is 5.26. The van der Waals surface area contributed by atoms with Crippen molar-refractivity contribution < 1.29 is 9.90 Å². The molecule has 2 rings (SSSR count). The Morgan fingerprint density at radius 3 is 2.88 bits per heavy atom. The second-order valence-corrected chi connectivity index (χ2v) is 4.12. The van der Waals surface area contributed by atoms with Gasteiger partial charge in [0.1, 0.15) is 0 Å². The van der Waals surface area contributed by atoms with Gasteiger partial charge in [-0.3, -0.25) is 9.48 Å². The van der Waals surface area contributed by atoms with E-state index in [4.69, 9.17) is 5.11 Å². The van der Waals surface area contributed by atoms with Gasteiger partial charge in [-0.1, -0.05) is 12.1 Å². The Morgan fingerprint density at radius 2 is 2.25 bits per heavy atom. The van der Waals surface area contributed by atoms with Gasteiger partial charge in [-0.15, -0.1) is 0 Å². The molecule has 4 heteroatoms. The maximum atomic E-state index is 10.7. The van der Waals surface area contributed by atoms with Gasteiger partial charge in [0.2, 0.25) is 0 Å². The molecule has 0 aliphatic carbocycles. The zero-order chi connectivity index (χ0) is 11.7. The van der Waals surface area contributed by atoms with E-state index in [1.165, 1.54) is 0 Å². The van der Waals surface area contributed by atoms with Crippen LogP contribution < -0.4 is 0 Å². The first-order chi connectivity index (χ1) is 7.58. The van der Waals surface area contributed by atoms with Crippen molar-refractivity contribution in [3.63, 3.8) is 0 Å². The number of carboxylic acids is 1. The Hall–Kier alpha value is -1.84. The van der Waals surface area contributed by atoms with Crippen LogP contribution in [0.5, 0.6) is 0 Å². The van der Waals surface area contributed by atoms with Gasteiger partial charge in [0.15, 0.2) is 0 Å². The van der Waals surface area contributed by atoms with Crippen molar-refractivity contribution in [2.24, 2.45) is 0 Å². The normalized spacial score (nSPS) is 11.2. The summed E-state index contributed by atoms with van der Waals surface area (Å²) in [5, 5.41) is 14.1. The lowest BCUT2D eigenvalue weighted by Gasteiger charge is -2.02. The highest BCUT2D eigenvalue weighted by Crippen LogP contribution is 2.19. The molecule has 0 aliphatic rings. The van der Waals surface area contributed by atoms with Gasteiger partial charge < -0.3 is 5.11 Å². The Kier molecular flexibility index (Phi) is 2.64. The van der Waals surface area contributed by atoms with Gasteiger partial charge in [-0.25, -0.2) is 0 Å². The summed E-state index contributed by atoms with van der Waals surface area (Å²) in [6.45, 7) is 4.09. The second-order valence-electron chi connectivity index (χ2n) is 4.12. The topological polar surface area (TPSA) is 55.1 Å². The van der Waals surface area contributed by atoms with Crippen LogP contribution in [-0.2, 0) is 11.2 Å². The third-order valence-corrected chi connectivity index (χ3v) is 2.53. The van der Waals surface area contributed by atoms with Crippen LogP contribution in [0, 0.1) is 0 Å². The van der Waals surface area contributed by atoms with Crippen LogP contribution in [0.3, 0.4) is 0 Å². The van der Waals surface area contributed by atoms with Crippen LogP contribution >= 0.6 is 0 Å². The van der Waals surface area contributed by atoms with Crippen LogP contribution in [-0.4, -0.2) is 20.9 Å². The molecule has 1 aromatic carbocycles. The van der Waals surface area contributed by atoms with Gasteiger partial charge in [-0.05, 0) is 25.5 Å². The summed E-state index contributed by atoms with van der Waals surface area (Å²) in [5.74, 6) is -0.815. The highest BCUT2D eigenvalue weighted by Gasteiger charge is 2.09. The molecule has 0 amide bonds. The SMILES string of the molecule is CC(C)n1cc2c(CC(=O)O)cccc2n1. The van der Waals surface area contributed by atoms with Crippen LogP contribution in [0.4, 0.5) is 0 Å². The van der Waals surface area contributed by atoms with Crippen molar-refractivity contribution >= 4 is 16.9 Å². The smallest absolute Gasteiger partial charge is 0.307 e. The summed E-state index contributed by atoms with van der Waals surface area (Å²) in [5.41, 5.74) is 1.67. The zero-order valence-electron chi connectivity index (χ0n) is 9.34. The average molecular weight is 218 g/mol. The number of carbonyl (C=O) groups is 1. The van der Waals surface area contributed by atoms with E-state index in [1.54, 1.807) is 0 Å². The zero-order valence-corrected chi connectivity index (χ0v) is 9.34. The van der Waals surface area contributed by atoms with Crippen LogP contribution in [0.15, 0.2) is 24.4 Å². The van der Waals surface area contributed by atoms with Gasteiger partial charge >= 0.3 is 5.97 Å². The summed E-state index contributed by atoms with van der Waals surface area (Å²) in [6, 6.07) is 5.87. The molecule has 0 spiro atoms. The Morgan fingerprint density at radius 1 is 1.50 bits per heavy atom. The molecular weight excluding hydrogens is 204 g/mol. The van der Waals surface area contributed by atoms with E-state index in [0.29, 0.717) is 0 Å². The summed E-state index contributed by atoms with van der Waals surface area (Å²) >= 11 is 0. The molecule has 1 aromatic heterocycles. The van der Waals surface area contributed by atoms with Crippen LogP contribution in [0.1, 0.15) is 25.5 Å². The van der Waals surface area contributed by atoms with Crippen LogP contribution in [0.25, 0.3) is 10.9 Å². The van der Waals surface area contributed by atoms with E-state index in [-0.39, 0.29) is 12.5 Å². The van der Waals surface area contributed by atoms with Gasteiger partial charge in [0.25, 0.3) is 0 Å². The molecule has 0 bridgehead atoms. The summed E-state index contributed by atoms with van der Waals surface area (Å²) in [4.78, 5) is 10.7. The number of aromatic nitrogens is 2. The number of aliphatic carboxylic acids is 1. The van der Waals surface area contributed by atoms with E-state index < -0.39 is 5.97 Å². The fraction of sp³-hybridized carbons (Fsp3) is 0.333. The largest absolute Gasteiger partial charge is 0.481 e. The molecule has 0 fully saturated rings. The number of benzene rings is 1. The summed E-state index contributed by atoms with van der Waals surface area (Å²) in [6.07, 6.45) is 1.96. The minimum atomic E-state index is -0.815. The van der Waals surface area contributed by atoms with Gasteiger partial charge in [-0.2, -0.15) is 5.10 Å². The molecule has 0 radical (unpaired) electrons. The Balaban J connectivity index is 2.54. The number of hydrogen-bond acceptors (Lipinski definition) is 2. The van der Waals surface area contributed by atoms with Crippen molar-refractivity contribution in [2.75, 3.05) is 0 Å². The lowest BCUT2D eigenvalue weighted by Crippen LogP contribution is -2.00. The highest BCUT2D eigenvalue weighted by atomic mass is 16.4. The predicted octanol–water partition coefficient (Wildman–Crippen LogP) is 2.24. The standard InChI is InChI=1S/C12H14N2O2/c1-8(2)14-7-10-9(6-12(15)16)4-3-5-11(10)13-14/h3-5,7-8H,6H2,1-2H3,(H,15,16). The third-order valence-electron chi connectivity index (χ3n) is 2.53. The van der Waals surface area contributed by atoms with Crippen molar-refractivity contribution in [3.05, 3.63) is 30.0 Å². The van der Waals surface area contributed by atoms with Gasteiger partial charge in [0, 0.05) is 17.6 Å². The highest BCUT2D eigenvalue weighted by molar-refractivity contribution is 5.85. The maximum absolute atomic E-state index is 10.7. The molecule has 1 heterocycles. The van der Waals surface area contributed by atoms with Gasteiger partial charge in [0.05, 0.1) is 11.9 Å². The summed E-state index contributed by atoms with van der Waals surface area (Å²) < 4.78 is 1.86. The van der Waals surface area contributed by atoms with Crippen molar-refractivity contribution in [1.82, 2.24) is 9.78 Å². The lowest BCUT2D eigenvalue weighted by atomic mass is 10.1. The monoisotopic (exact) mass is 218 g/mol. The fourth-order valence-electron chi connectivity index (χ4n) is 1.70. The minimum absolute atomic E-state index is 0.0428. The fourth-order valence-corrected chi connectivity index (χ4v) is 1.70. The minimum Gasteiger partial charge on any atom is -0.481 e. The maximum Gasteiger partial charge on any atom is 0.307 e. The van der Waals surface area contributed by atoms with E-state index >= 15 is 0 Å². The molecule has 0 unspecified atom stereocenters. The molecule has 2 aromatic rings. The third kappa shape index (κ3) is 1.91. The predicted molar refractivity (Wildman–Crippen MR) is 61.5 cm³/mol. The van der Waals surface area contributed by atoms with Crippen molar-refractivity contribution in [3.8, 4) is 0 Å².